The second kappa shape index (κ2) is 6.49. The van der Waals surface area contributed by atoms with Crippen LogP contribution in [0.25, 0.3) is 0 Å². The van der Waals surface area contributed by atoms with E-state index in [-0.39, 0.29) is 5.54 Å². The fourth-order valence-corrected chi connectivity index (χ4v) is 4.08. The molecule has 3 heteroatoms. The average molecular weight is 304 g/mol. The van der Waals surface area contributed by atoms with Gasteiger partial charge in [0.25, 0.3) is 0 Å². The van der Waals surface area contributed by atoms with Crippen molar-refractivity contribution in [3.63, 3.8) is 0 Å². The van der Waals surface area contributed by atoms with Crippen LogP contribution in [0.5, 0.6) is 5.75 Å². The Balaban J connectivity index is 2.54. The largest absolute Gasteiger partial charge is 0.496 e. The first-order valence-electron chi connectivity index (χ1n) is 8.52. The first kappa shape index (κ1) is 17.1. The Bertz CT molecular complexity index is 522. The highest BCUT2D eigenvalue weighted by Gasteiger charge is 2.38. The highest BCUT2D eigenvalue weighted by molar-refractivity contribution is 5.65. The molecule has 0 fully saturated rings. The number of nitrogens with one attached hydrogen (secondary N) is 1. The Morgan fingerprint density at radius 1 is 1.36 bits per heavy atom. The standard InChI is InChI=1S/C19H32N2O/c1-8-20-12-15-9-16-14(4)11-19(5,6)21(13(2)3)17(16)10-18(15)22-7/h9-10,13-14,20H,8,11-12H2,1-7H3/t14-/m1/s1. The SMILES string of the molecule is CCNCc1cc2c(cc1OC)N(C(C)C)C(C)(C)C[C@H]2C. The summed E-state index contributed by atoms with van der Waals surface area (Å²) >= 11 is 0. The summed E-state index contributed by atoms with van der Waals surface area (Å²) in [6.45, 7) is 15.6. The van der Waals surface area contributed by atoms with E-state index in [0.717, 1.165) is 18.8 Å². The second-order valence-corrected chi connectivity index (χ2v) is 7.38. The molecule has 0 bridgehead atoms. The number of ether oxygens (including phenoxy) is 1. The molecule has 0 amide bonds. The molecule has 124 valence electrons. The number of methoxy groups -OCH3 is 1. The van der Waals surface area contributed by atoms with Crippen LogP contribution in [0.15, 0.2) is 12.1 Å². The van der Waals surface area contributed by atoms with Crippen LogP contribution in [0.3, 0.4) is 0 Å². The van der Waals surface area contributed by atoms with E-state index in [0.29, 0.717) is 12.0 Å². The lowest BCUT2D eigenvalue weighted by molar-refractivity contribution is 0.353. The van der Waals surface area contributed by atoms with Crippen molar-refractivity contribution in [2.45, 2.75) is 72.0 Å². The van der Waals surface area contributed by atoms with E-state index < -0.39 is 0 Å². The van der Waals surface area contributed by atoms with Gasteiger partial charge >= 0.3 is 0 Å². The van der Waals surface area contributed by atoms with Gasteiger partial charge in [-0.2, -0.15) is 0 Å². The molecule has 3 nitrogen and oxygen atoms in total. The zero-order chi connectivity index (χ0) is 16.5. The van der Waals surface area contributed by atoms with Crippen molar-refractivity contribution < 1.29 is 4.74 Å². The molecule has 0 unspecified atom stereocenters. The van der Waals surface area contributed by atoms with Crippen LogP contribution in [0.2, 0.25) is 0 Å². The number of nitrogens with zero attached hydrogens (tertiary/aromatic N) is 1. The van der Waals surface area contributed by atoms with Crippen LogP contribution < -0.4 is 15.0 Å². The van der Waals surface area contributed by atoms with Gasteiger partial charge in [-0.1, -0.05) is 13.8 Å². The molecule has 0 saturated carbocycles. The Kier molecular flexibility index (Phi) is 5.06. The molecular formula is C19H32N2O. The Morgan fingerprint density at radius 3 is 2.59 bits per heavy atom. The van der Waals surface area contributed by atoms with E-state index in [4.69, 9.17) is 4.74 Å². The molecule has 0 aromatic heterocycles. The summed E-state index contributed by atoms with van der Waals surface area (Å²) in [6.07, 6.45) is 1.19. The van der Waals surface area contributed by atoms with Gasteiger partial charge in [-0.25, -0.2) is 0 Å². The van der Waals surface area contributed by atoms with Gasteiger partial charge < -0.3 is 15.0 Å². The molecular weight excluding hydrogens is 272 g/mol. The number of hydrogen-bond donors (Lipinski definition) is 1. The summed E-state index contributed by atoms with van der Waals surface area (Å²) in [5.74, 6) is 1.57. The van der Waals surface area contributed by atoms with E-state index >= 15 is 0 Å². The molecule has 1 aromatic carbocycles. The first-order valence-corrected chi connectivity index (χ1v) is 8.52. The number of fused-ring (bicyclic) bond motifs is 1. The van der Waals surface area contributed by atoms with Gasteiger partial charge in [0.2, 0.25) is 0 Å². The molecule has 1 N–H and O–H groups in total. The lowest BCUT2D eigenvalue weighted by Gasteiger charge is -2.50. The fraction of sp³-hybridized carbons (Fsp3) is 0.684. The van der Waals surface area contributed by atoms with Crippen LogP contribution in [-0.2, 0) is 6.54 Å². The minimum atomic E-state index is 0.175. The molecule has 0 spiro atoms. The van der Waals surface area contributed by atoms with Crippen LogP contribution in [0.1, 0.15) is 65.0 Å². The van der Waals surface area contributed by atoms with Crippen LogP contribution >= 0.6 is 0 Å². The number of rotatable bonds is 5. The van der Waals surface area contributed by atoms with Crippen molar-refractivity contribution in [2.24, 2.45) is 0 Å². The van der Waals surface area contributed by atoms with Crippen LogP contribution in [0.4, 0.5) is 5.69 Å². The molecule has 1 atom stereocenters. The van der Waals surface area contributed by atoms with Gasteiger partial charge in [0.05, 0.1) is 7.11 Å². The van der Waals surface area contributed by atoms with E-state index in [1.165, 1.54) is 23.2 Å². The molecule has 1 aliphatic rings. The third kappa shape index (κ3) is 3.10. The maximum Gasteiger partial charge on any atom is 0.125 e. The van der Waals surface area contributed by atoms with Crippen molar-refractivity contribution in [1.82, 2.24) is 5.32 Å². The first-order chi connectivity index (χ1) is 10.3. The highest BCUT2D eigenvalue weighted by Crippen LogP contribution is 2.46. The summed E-state index contributed by atoms with van der Waals surface area (Å²) in [5, 5.41) is 3.42. The van der Waals surface area contributed by atoms with E-state index in [1.807, 2.05) is 0 Å². The maximum atomic E-state index is 5.67. The number of anilines is 1. The fourth-order valence-electron chi connectivity index (χ4n) is 4.08. The van der Waals surface area contributed by atoms with Crippen molar-refractivity contribution in [3.8, 4) is 5.75 Å². The lowest BCUT2D eigenvalue weighted by atomic mass is 9.78. The van der Waals surface area contributed by atoms with E-state index in [9.17, 15) is 0 Å². The van der Waals surface area contributed by atoms with Gasteiger partial charge in [-0.3, -0.25) is 0 Å². The molecule has 0 saturated heterocycles. The van der Waals surface area contributed by atoms with Crippen molar-refractivity contribution in [1.29, 1.82) is 0 Å². The second-order valence-electron chi connectivity index (χ2n) is 7.38. The molecule has 1 heterocycles. The molecule has 0 radical (unpaired) electrons. The van der Waals surface area contributed by atoms with Gasteiger partial charge in [-0.05, 0) is 58.2 Å². The average Bonchev–Trinajstić information content (AvgIpc) is 2.43. The van der Waals surface area contributed by atoms with Crippen LogP contribution in [0, 0.1) is 0 Å². The predicted molar refractivity (Wildman–Crippen MR) is 95.1 cm³/mol. The van der Waals surface area contributed by atoms with E-state index in [1.54, 1.807) is 7.11 Å². The van der Waals surface area contributed by atoms with Gasteiger partial charge in [0, 0.05) is 35.4 Å². The van der Waals surface area contributed by atoms with Crippen molar-refractivity contribution in [2.75, 3.05) is 18.6 Å². The number of benzene rings is 1. The molecule has 2 rings (SSSR count). The van der Waals surface area contributed by atoms with Crippen molar-refractivity contribution >= 4 is 5.69 Å². The summed E-state index contributed by atoms with van der Waals surface area (Å²) < 4.78 is 5.67. The normalized spacial score (nSPS) is 20.2. The quantitative estimate of drug-likeness (QED) is 0.877. The lowest BCUT2D eigenvalue weighted by Crippen LogP contribution is -2.51. The third-order valence-electron chi connectivity index (χ3n) is 4.76. The Labute approximate surface area is 136 Å². The highest BCUT2D eigenvalue weighted by atomic mass is 16.5. The zero-order valence-corrected chi connectivity index (χ0v) is 15.3. The van der Waals surface area contributed by atoms with Gasteiger partial charge in [0.15, 0.2) is 0 Å². The molecule has 1 aromatic rings. The monoisotopic (exact) mass is 304 g/mol. The maximum absolute atomic E-state index is 5.67. The predicted octanol–water partition coefficient (Wildman–Crippen LogP) is 4.31. The van der Waals surface area contributed by atoms with E-state index in [2.05, 4.69) is 63.9 Å². The van der Waals surface area contributed by atoms with Gasteiger partial charge in [-0.15, -0.1) is 0 Å². The Hall–Kier alpha value is -1.22. The van der Waals surface area contributed by atoms with Crippen LogP contribution in [-0.4, -0.2) is 25.2 Å². The number of hydrogen-bond acceptors (Lipinski definition) is 3. The summed E-state index contributed by atoms with van der Waals surface area (Å²) in [4.78, 5) is 2.56. The minimum Gasteiger partial charge on any atom is -0.496 e. The topological polar surface area (TPSA) is 24.5 Å². The summed E-state index contributed by atoms with van der Waals surface area (Å²) in [7, 11) is 1.77. The van der Waals surface area contributed by atoms with Gasteiger partial charge in [0.1, 0.15) is 5.75 Å². The Morgan fingerprint density at radius 2 is 2.05 bits per heavy atom. The van der Waals surface area contributed by atoms with Crippen molar-refractivity contribution in [3.05, 3.63) is 23.3 Å². The molecule has 1 aliphatic heterocycles. The third-order valence-corrected chi connectivity index (χ3v) is 4.76. The zero-order valence-electron chi connectivity index (χ0n) is 15.3. The minimum absolute atomic E-state index is 0.175. The summed E-state index contributed by atoms with van der Waals surface area (Å²) in [5.41, 5.74) is 4.24. The molecule has 0 aliphatic carbocycles. The smallest absolute Gasteiger partial charge is 0.125 e. The summed E-state index contributed by atoms with van der Waals surface area (Å²) in [6, 6.07) is 5.08. The molecule has 22 heavy (non-hydrogen) atoms.